The van der Waals surface area contributed by atoms with Gasteiger partial charge in [-0.05, 0) is 50.8 Å². The second-order valence-electron chi connectivity index (χ2n) is 7.53. The van der Waals surface area contributed by atoms with E-state index in [0.29, 0.717) is 0 Å². The molecule has 1 aliphatic rings. The molecule has 8 heteroatoms. The van der Waals surface area contributed by atoms with Crippen LogP contribution < -0.4 is 15.4 Å². The molecule has 2 rings (SSSR count). The van der Waals surface area contributed by atoms with Crippen LogP contribution in [0.4, 0.5) is 0 Å². The van der Waals surface area contributed by atoms with Crippen molar-refractivity contribution in [1.82, 2.24) is 20.4 Å². The fourth-order valence-electron chi connectivity index (χ4n) is 3.70. The number of guanidine groups is 1. The molecule has 170 valence electrons. The number of para-hydroxylation sites is 1. The second-order valence-corrected chi connectivity index (χ2v) is 7.53. The first-order valence-corrected chi connectivity index (χ1v) is 10.7. The lowest BCUT2D eigenvalue weighted by atomic mass is 10.1. The third-order valence-corrected chi connectivity index (χ3v) is 5.19. The van der Waals surface area contributed by atoms with Crippen LogP contribution in [0.3, 0.4) is 0 Å². The summed E-state index contributed by atoms with van der Waals surface area (Å²) < 4.78 is 5.41. The van der Waals surface area contributed by atoms with E-state index in [-0.39, 0.29) is 35.9 Å². The largest absolute Gasteiger partial charge is 0.496 e. The molecule has 0 aromatic heterocycles. The number of ether oxygens (including phenoxy) is 1. The molecule has 7 nitrogen and oxygen atoms in total. The van der Waals surface area contributed by atoms with E-state index in [4.69, 9.17) is 9.73 Å². The zero-order chi connectivity index (χ0) is 21.1. The number of nitrogens with zero attached hydrogens (tertiary/aromatic N) is 3. The highest BCUT2D eigenvalue weighted by Crippen LogP contribution is 2.19. The third-order valence-electron chi connectivity index (χ3n) is 5.19. The summed E-state index contributed by atoms with van der Waals surface area (Å²) in [7, 11) is 5.37. The molecular formula is C22H38IN5O2. The van der Waals surface area contributed by atoms with Crippen LogP contribution in [0.25, 0.3) is 0 Å². The quantitative estimate of drug-likeness (QED) is 0.210. The Morgan fingerprint density at radius 3 is 2.77 bits per heavy atom. The molecule has 30 heavy (non-hydrogen) atoms. The number of nitrogens with one attached hydrogen (secondary N) is 2. The first-order valence-electron chi connectivity index (χ1n) is 10.7. The first-order chi connectivity index (χ1) is 14.1. The predicted octanol–water partition coefficient (Wildman–Crippen LogP) is 2.35. The molecule has 1 atom stereocenters. The molecule has 2 N–H and O–H groups in total. The van der Waals surface area contributed by atoms with E-state index >= 15 is 0 Å². The highest BCUT2D eigenvalue weighted by atomic mass is 127. The molecule has 1 aromatic rings. The van der Waals surface area contributed by atoms with Gasteiger partial charge in [0, 0.05) is 40.3 Å². The summed E-state index contributed by atoms with van der Waals surface area (Å²) in [6.07, 6.45) is 3.88. The lowest BCUT2D eigenvalue weighted by Crippen LogP contribution is -2.43. The number of likely N-dealkylation sites (tertiary alicyclic amines) is 1. The van der Waals surface area contributed by atoms with Crippen LogP contribution in [-0.4, -0.2) is 81.6 Å². The monoisotopic (exact) mass is 531 g/mol. The lowest BCUT2D eigenvalue weighted by Gasteiger charge is -2.25. The summed E-state index contributed by atoms with van der Waals surface area (Å²) in [5, 5.41) is 6.70. The molecule has 0 saturated carbocycles. The number of hydrogen-bond donors (Lipinski definition) is 2. The predicted molar refractivity (Wildman–Crippen MR) is 134 cm³/mol. The summed E-state index contributed by atoms with van der Waals surface area (Å²) in [5.74, 6) is 1.98. The van der Waals surface area contributed by atoms with Crippen molar-refractivity contribution in [1.29, 1.82) is 0 Å². The van der Waals surface area contributed by atoms with Crippen LogP contribution in [-0.2, 0) is 11.2 Å². The Morgan fingerprint density at radius 2 is 2.07 bits per heavy atom. The minimum absolute atomic E-state index is 0. The number of amides is 1. The van der Waals surface area contributed by atoms with Crippen LogP contribution >= 0.6 is 24.0 Å². The molecule has 1 aliphatic heterocycles. The van der Waals surface area contributed by atoms with Gasteiger partial charge in [-0.25, -0.2) is 0 Å². The summed E-state index contributed by atoms with van der Waals surface area (Å²) in [6.45, 7) is 6.34. The Hall–Kier alpha value is -1.55. The Balaban J connectivity index is 0.00000450. The van der Waals surface area contributed by atoms with Gasteiger partial charge in [-0.1, -0.05) is 18.2 Å². The number of benzene rings is 1. The van der Waals surface area contributed by atoms with E-state index in [1.54, 1.807) is 12.0 Å². The van der Waals surface area contributed by atoms with Crippen molar-refractivity contribution in [2.45, 2.75) is 38.6 Å². The number of carbonyl (C=O) groups excluding carboxylic acids is 1. The van der Waals surface area contributed by atoms with Crippen LogP contribution in [0, 0.1) is 0 Å². The molecule has 1 heterocycles. The zero-order valence-electron chi connectivity index (χ0n) is 18.8. The molecule has 1 fully saturated rings. The standard InChI is InChI=1S/C22H37N5O2.HI/c1-5-23-22(25-15-13-18-10-6-7-12-20(18)29-4)24-14-9-17-27-16-8-11-19(27)21(28)26(2)3;/h6-7,10,12,19H,5,8-9,11,13-17H2,1-4H3,(H2,23,24,25);1H. The molecule has 1 amide bonds. The number of methoxy groups -OCH3 is 1. The molecule has 0 spiro atoms. The molecule has 0 aliphatic carbocycles. The van der Waals surface area contributed by atoms with Gasteiger partial charge in [-0.3, -0.25) is 14.7 Å². The summed E-state index contributed by atoms with van der Waals surface area (Å²) in [6, 6.07) is 8.14. The second kappa shape index (κ2) is 14.5. The summed E-state index contributed by atoms with van der Waals surface area (Å²) in [4.78, 5) is 21.0. The molecule has 1 aromatic carbocycles. The number of halogens is 1. The van der Waals surface area contributed by atoms with Crippen molar-refractivity contribution in [3.63, 3.8) is 0 Å². The smallest absolute Gasteiger partial charge is 0.239 e. The normalized spacial score (nSPS) is 16.7. The Kier molecular flexibility index (Phi) is 12.8. The van der Waals surface area contributed by atoms with Gasteiger partial charge in [0.25, 0.3) is 0 Å². The summed E-state index contributed by atoms with van der Waals surface area (Å²) in [5.41, 5.74) is 1.18. The van der Waals surface area contributed by atoms with Gasteiger partial charge in [-0.2, -0.15) is 0 Å². The molecule has 1 unspecified atom stereocenters. The van der Waals surface area contributed by atoms with Crippen molar-refractivity contribution in [3.05, 3.63) is 29.8 Å². The summed E-state index contributed by atoms with van der Waals surface area (Å²) >= 11 is 0. The van der Waals surface area contributed by atoms with Crippen LogP contribution in [0.2, 0.25) is 0 Å². The van der Waals surface area contributed by atoms with Gasteiger partial charge in [0.2, 0.25) is 5.91 Å². The van der Waals surface area contributed by atoms with Crippen molar-refractivity contribution < 1.29 is 9.53 Å². The highest BCUT2D eigenvalue weighted by Gasteiger charge is 2.30. The maximum Gasteiger partial charge on any atom is 0.239 e. The van der Waals surface area contributed by atoms with E-state index in [0.717, 1.165) is 70.1 Å². The zero-order valence-corrected chi connectivity index (χ0v) is 21.1. The highest BCUT2D eigenvalue weighted by molar-refractivity contribution is 14.0. The molecule has 0 radical (unpaired) electrons. The van der Waals surface area contributed by atoms with Gasteiger partial charge in [-0.15, -0.1) is 24.0 Å². The lowest BCUT2D eigenvalue weighted by molar-refractivity contribution is -0.133. The molecule has 1 saturated heterocycles. The maximum atomic E-state index is 12.3. The fraction of sp³-hybridized carbons (Fsp3) is 0.636. The van der Waals surface area contributed by atoms with Crippen molar-refractivity contribution >= 4 is 35.8 Å². The Labute approximate surface area is 198 Å². The van der Waals surface area contributed by atoms with Gasteiger partial charge in [0.15, 0.2) is 5.96 Å². The number of aliphatic imine (C=N–C) groups is 1. The number of carbonyl (C=O) groups is 1. The van der Waals surface area contributed by atoms with Crippen LogP contribution in [0.15, 0.2) is 29.3 Å². The van der Waals surface area contributed by atoms with Gasteiger partial charge in [0.1, 0.15) is 5.75 Å². The number of likely N-dealkylation sites (N-methyl/N-ethyl adjacent to an activating group) is 1. The molecule has 0 bridgehead atoms. The minimum Gasteiger partial charge on any atom is -0.496 e. The Bertz CT molecular complexity index is 669. The van der Waals surface area contributed by atoms with Crippen molar-refractivity contribution in [2.24, 2.45) is 4.99 Å². The average molecular weight is 531 g/mol. The number of rotatable bonds is 10. The van der Waals surface area contributed by atoms with E-state index in [9.17, 15) is 4.79 Å². The first kappa shape index (κ1) is 26.5. The van der Waals surface area contributed by atoms with Crippen molar-refractivity contribution in [3.8, 4) is 5.75 Å². The number of hydrogen-bond acceptors (Lipinski definition) is 4. The fourth-order valence-corrected chi connectivity index (χ4v) is 3.70. The average Bonchev–Trinajstić information content (AvgIpc) is 3.19. The van der Waals surface area contributed by atoms with Gasteiger partial charge < -0.3 is 20.3 Å². The van der Waals surface area contributed by atoms with Gasteiger partial charge >= 0.3 is 0 Å². The van der Waals surface area contributed by atoms with Crippen molar-refractivity contribution in [2.75, 3.05) is 53.9 Å². The van der Waals surface area contributed by atoms with E-state index < -0.39 is 0 Å². The van der Waals surface area contributed by atoms with Crippen LogP contribution in [0.1, 0.15) is 31.7 Å². The van der Waals surface area contributed by atoms with E-state index in [2.05, 4.69) is 28.5 Å². The third kappa shape index (κ3) is 8.29. The van der Waals surface area contributed by atoms with E-state index in [1.807, 2.05) is 32.3 Å². The SMILES string of the molecule is CCNC(=NCCCN1CCCC1C(=O)N(C)C)NCCc1ccccc1OC.I. The Morgan fingerprint density at radius 1 is 1.30 bits per heavy atom. The minimum atomic E-state index is 0. The maximum absolute atomic E-state index is 12.3. The van der Waals surface area contributed by atoms with Gasteiger partial charge in [0.05, 0.1) is 13.2 Å². The van der Waals surface area contributed by atoms with Crippen LogP contribution in [0.5, 0.6) is 5.75 Å². The molecular weight excluding hydrogens is 493 g/mol. The van der Waals surface area contributed by atoms with E-state index in [1.165, 1.54) is 5.56 Å². The topological polar surface area (TPSA) is 69.2 Å².